The molecule has 12 heteroatoms. The van der Waals surface area contributed by atoms with E-state index in [2.05, 4.69) is 24.7 Å². The largest absolute Gasteiger partial charge is 0.480 e. The van der Waals surface area contributed by atoms with E-state index in [1.54, 1.807) is 48.3 Å². The number of aromatic nitrogens is 4. The maximum Gasteiger partial charge on any atom is 0.328 e. The van der Waals surface area contributed by atoms with Crippen LogP contribution < -0.4 is 5.73 Å². The van der Waals surface area contributed by atoms with E-state index in [0.29, 0.717) is 6.42 Å². The number of imidazole rings is 2. The van der Waals surface area contributed by atoms with E-state index in [4.69, 9.17) is 15.9 Å². The zero-order valence-corrected chi connectivity index (χ0v) is 15.8. The first kappa shape index (κ1) is 29.0. The fourth-order valence-electron chi connectivity index (χ4n) is 2.02. The SMILES string of the molecule is C.C.COOC=N[C@@H](Cc1cncn1C)C(=O)O.Cn1cncc1C[C@H](N)C(=O)O. The van der Waals surface area contributed by atoms with E-state index < -0.39 is 24.0 Å². The molecule has 2 aromatic rings. The van der Waals surface area contributed by atoms with Crippen molar-refractivity contribution in [3.8, 4) is 0 Å². The first-order valence-electron chi connectivity index (χ1n) is 8.08. The van der Waals surface area contributed by atoms with Crippen LogP contribution in [0.2, 0.25) is 0 Å². The van der Waals surface area contributed by atoms with E-state index in [9.17, 15) is 9.59 Å². The van der Waals surface area contributed by atoms with Gasteiger partial charge in [-0.15, -0.1) is 0 Å². The fourth-order valence-corrected chi connectivity index (χ4v) is 2.02. The van der Waals surface area contributed by atoms with Gasteiger partial charge >= 0.3 is 11.9 Å². The van der Waals surface area contributed by atoms with Crippen molar-refractivity contribution >= 4 is 18.3 Å². The van der Waals surface area contributed by atoms with Crippen LogP contribution in [0.4, 0.5) is 0 Å². The Morgan fingerprint density at radius 1 is 1.10 bits per heavy atom. The van der Waals surface area contributed by atoms with Crippen molar-refractivity contribution in [1.82, 2.24) is 19.1 Å². The molecule has 12 nitrogen and oxygen atoms in total. The number of aliphatic carboxylic acids is 2. The summed E-state index contributed by atoms with van der Waals surface area (Å²) < 4.78 is 3.49. The van der Waals surface area contributed by atoms with Crippen molar-refractivity contribution in [3.05, 3.63) is 36.4 Å². The van der Waals surface area contributed by atoms with E-state index in [1.807, 2.05) is 0 Å². The smallest absolute Gasteiger partial charge is 0.328 e. The highest BCUT2D eigenvalue weighted by Crippen LogP contribution is 2.05. The van der Waals surface area contributed by atoms with Gasteiger partial charge in [-0.25, -0.2) is 19.8 Å². The van der Waals surface area contributed by atoms with Crippen LogP contribution in [0.5, 0.6) is 0 Å². The Hall–Kier alpha value is -3.25. The second-order valence-corrected chi connectivity index (χ2v) is 5.72. The second kappa shape index (κ2) is 14.7. The molecule has 0 saturated carbocycles. The van der Waals surface area contributed by atoms with Gasteiger partial charge in [-0.3, -0.25) is 4.79 Å². The van der Waals surface area contributed by atoms with Gasteiger partial charge in [0.1, 0.15) is 6.04 Å². The highest BCUT2D eigenvalue weighted by molar-refractivity contribution is 5.75. The Kier molecular flexibility index (Phi) is 14.2. The van der Waals surface area contributed by atoms with Crippen molar-refractivity contribution in [3.63, 3.8) is 0 Å². The van der Waals surface area contributed by atoms with Crippen LogP contribution in [0.25, 0.3) is 0 Å². The number of carboxylic acid groups (broad SMARTS) is 2. The molecule has 0 spiro atoms. The molecule has 0 aliphatic carbocycles. The summed E-state index contributed by atoms with van der Waals surface area (Å²) in [6, 6.07) is -1.76. The fraction of sp³-hybridized carbons (Fsp3) is 0.500. The quantitative estimate of drug-likeness (QED) is 0.225. The minimum atomic E-state index is -1.03. The van der Waals surface area contributed by atoms with Crippen molar-refractivity contribution in [2.45, 2.75) is 39.8 Å². The van der Waals surface area contributed by atoms with Gasteiger partial charge in [0.25, 0.3) is 0 Å². The highest BCUT2D eigenvalue weighted by Gasteiger charge is 2.18. The number of carboxylic acids is 2. The maximum absolute atomic E-state index is 10.9. The summed E-state index contributed by atoms with van der Waals surface area (Å²) in [5, 5.41) is 17.4. The zero-order chi connectivity index (χ0) is 21.1. The summed E-state index contributed by atoms with van der Waals surface area (Å²) in [6.45, 7) is 0. The zero-order valence-electron chi connectivity index (χ0n) is 15.8. The Morgan fingerprint density at radius 3 is 1.97 bits per heavy atom. The molecule has 30 heavy (non-hydrogen) atoms. The lowest BCUT2D eigenvalue weighted by Gasteiger charge is -2.07. The van der Waals surface area contributed by atoms with Gasteiger partial charge in [-0.2, -0.15) is 4.89 Å². The molecule has 0 aromatic carbocycles. The Morgan fingerprint density at radius 2 is 1.60 bits per heavy atom. The van der Waals surface area contributed by atoms with E-state index in [0.717, 1.165) is 17.8 Å². The van der Waals surface area contributed by atoms with Gasteiger partial charge in [-0.05, 0) is 0 Å². The van der Waals surface area contributed by atoms with Crippen LogP contribution in [0.3, 0.4) is 0 Å². The van der Waals surface area contributed by atoms with Crippen molar-refractivity contribution in [2.24, 2.45) is 24.8 Å². The number of carbonyl (C=O) groups is 2. The summed E-state index contributed by atoms with van der Waals surface area (Å²) in [4.78, 5) is 41.4. The number of aryl methyl sites for hydroxylation is 2. The summed E-state index contributed by atoms with van der Waals surface area (Å²) in [6.07, 6.45) is 7.95. The standard InChI is InChI=1S/C9H13N3O4.C7H11N3O2.2CH4/c1-12-5-10-4-7(12)3-8(9(13)14)11-6-16-15-2;1-10-4-9-3-5(10)2-6(8)7(11)12;;/h4-6,8H,3H2,1-2H3,(H,13,14);3-4,6H,2,8H2,1H3,(H,11,12);2*1H4/t8-;6-;;/m00../s1. The summed E-state index contributed by atoms with van der Waals surface area (Å²) in [5.74, 6) is -2.02. The average molecular weight is 428 g/mol. The molecule has 0 fully saturated rings. The van der Waals surface area contributed by atoms with Crippen molar-refractivity contribution in [2.75, 3.05) is 7.11 Å². The number of aliphatic imine (C=N–C) groups is 1. The number of hydrogen-bond acceptors (Lipinski definition) is 8. The molecule has 0 aliphatic rings. The average Bonchev–Trinajstić information content (AvgIpc) is 3.23. The first-order chi connectivity index (χ1) is 13.3. The molecule has 2 rings (SSSR count). The lowest BCUT2D eigenvalue weighted by Crippen LogP contribution is -2.32. The number of hydrogen-bond donors (Lipinski definition) is 3. The topological polar surface area (TPSA) is 167 Å². The normalized spacial score (nSPS) is 12.0. The molecule has 4 N–H and O–H groups in total. The molecule has 0 amide bonds. The van der Waals surface area contributed by atoms with Crippen LogP contribution in [0.1, 0.15) is 26.2 Å². The highest BCUT2D eigenvalue weighted by atomic mass is 17.2. The minimum Gasteiger partial charge on any atom is -0.480 e. The van der Waals surface area contributed by atoms with Gasteiger partial charge in [0, 0.05) is 50.7 Å². The summed E-state index contributed by atoms with van der Waals surface area (Å²) in [7, 11) is 4.90. The second-order valence-electron chi connectivity index (χ2n) is 5.72. The number of nitrogens with two attached hydrogens (primary N) is 1. The van der Waals surface area contributed by atoms with Gasteiger partial charge in [0.2, 0.25) is 6.40 Å². The Labute approximate surface area is 175 Å². The molecule has 0 radical (unpaired) electrons. The molecule has 0 bridgehead atoms. The van der Waals surface area contributed by atoms with Gasteiger partial charge < -0.3 is 30.0 Å². The first-order valence-corrected chi connectivity index (χ1v) is 8.08. The number of nitrogens with zero attached hydrogens (tertiary/aromatic N) is 5. The summed E-state index contributed by atoms with van der Waals surface area (Å²) in [5.41, 5.74) is 6.94. The van der Waals surface area contributed by atoms with Gasteiger partial charge in [-0.1, -0.05) is 14.9 Å². The molecule has 2 aromatic heterocycles. The van der Waals surface area contributed by atoms with Crippen molar-refractivity contribution in [1.29, 1.82) is 0 Å². The predicted molar refractivity (Wildman–Crippen MR) is 111 cm³/mol. The summed E-state index contributed by atoms with van der Waals surface area (Å²) >= 11 is 0. The molecule has 170 valence electrons. The monoisotopic (exact) mass is 428 g/mol. The molecule has 2 heterocycles. The molecule has 0 unspecified atom stereocenters. The third-order valence-electron chi connectivity index (χ3n) is 3.65. The van der Waals surface area contributed by atoms with Crippen LogP contribution in [-0.2, 0) is 46.3 Å². The molecule has 0 aliphatic heterocycles. The van der Waals surface area contributed by atoms with E-state index in [-0.39, 0.29) is 21.3 Å². The Balaban J connectivity index is 0. The molecule has 2 atom stereocenters. The van der Waals surface area contributed by atoms with Gasteiger partial charge in [0.05, 0.1) is 19.8 Å². The van der Waals surface area contributed by atoms with Crippen LogP contribution in [-0.4, -0.2) is 66.8 Å². The third kappa shape index (κ3) is 9.80. The molecule has 0 saturated heterocycles. The lowest BCUT2D eigenvalue weighted by molar-refractivity contribution is -0.188. The van der Waals surface area contributed by atoms with E-state index in [1.165, 1.54) is 7.11 Å². The molecular weight excluding hydrogens is 396 g/mol. The Bertz CT molecular complexity index is 788. The van der Waals surface area contributed by atoms with Crippen LogP contribution >= 0.6 is 0 Å². The number of rotatable bonds is 9. The third-order valence-corrected chi connectivity index (χ3v) is 3.65. The van der Waals surface area contributed by atoms with Crippen LogP contribution in [0, 0.1) is 0 Å². The lowest BCUT2D eigenvalue weighted by atomic mass is 10.2. The molecular formula is C18H32N6O6. The maximum atomic E-state index is 10.9. The predicted octanol–water partition coefficient (Wildman–Crippen LogP) is 0.669. The van der Waals surface area contributed by atoms with Gasteiger partial charge in [0.15, 0.2) is 6.04 Å². The van der Waals surface area contributed by atoms with E-state index >= 15 is 0 Å². The van der Waals surface area contributed by atoms with Crippen LogP contribution in [0.15, 0.2) is 30.0 Å². The minimum absolute atomic E-state index is 0. The van der Waals surface area contributed by atoms with Crippen molar-refractivity contribution < 1.29 is 29.6 Å².